The summed E-state index contributed by atoms with van der Waals surface area (Å²) in [5.74, 6) is 0.496. The number of carbonyl (C=O) groups excluding carboxylic acids is 1. The summed E-state index contributed by atoms with van der Waals surface area (Å²) >= 11 is 0. The third kappa shape index (κ3) is 3.55. The number of hydrogen-bond donors (Lipinski definition) is 1. The molecular weight excluding hydrogens is 206 g/mol. The summed E-state index contributed by atoms with van der Waals surface area (Å²) < 4.78 is 5.32. The van der Waals surface area contributed by atoms with Crippen LogP contribution >= 0.6 is 0 Å². The highest BCUT2D eigenvalue weighted by Gasteiger charge is 2.06. The van der Waals surface area contributed by atoms with Gasteiger partial charge in [-0.2, -0.15) is 0 Å². The number of carbonyl (C=O) groups is 1. The Balaban J connectivity index is 2.61. The molecule has 0 aliphatic rings. The fourth-order valence-corrected chi connectivity index (χ4v) is 1.14. The fraction of sp³-hybridized carbons (Fsp3) is 0.417. The molecule has 0 fully saturated rings. The van der Waals surface area contributed by atoms with Crippen LogP contribution in [-0.4, -0.2) is 36.6 Å². The van der Waals surface area contributed by atoms with Gasteiger partial charge in [-0.1, -0.05) is 12.1 Å². The second-order valence-corrected chi connectivity index (χ2v) is 3.83. The molecule has 1 unspecified atom stereocenters. The third-order valence-corrected chi connectivity index (χ3v) is 2.20. The van der Waals surface area contributed by atoms with Gasteiger partial charge in [0.25, 0.3) is 5.91 Å². The van der Waals surface area contributed by atoms with Crippen molar-refractivity contribution in [2.24, 2.45) is 0 Å². The third-order valence-electron chi connectivity index (χ3n) is 2.20. The molecule has 1 amide bonds. The van der Waals surface area contributed by atoms with Crippen LogP contribution in [0.15, 0.2) is 24.3 Å². The number of rotatable bonds is 4. The van der Waals surface area contributed by atoms with Crippen molar-refractivity contribution in [1.82, 2.24) is 4.90 Å². The first-order valence-electron chi connectivity index (χ1n) is 5.11. The van der Waals surface area contributed by atoms with E-state index < -0.39 is 6.10 Å². The van der Waals surface area contributed by atoms with E-state index in [0.29, 0.717) is 5.75 Å². The largest absolute Gasteiger partial charge is 0.484 e. The molecule has 1 N–H and O–H groups in total. The quantitative estimate of drug-likeness (QED) is 0.834. The molecule has 88 valence electrons. The standard InChI is InChI=1S/C12H17NO3/c1-9(14)10-5-4-6-11(7-10)16-8-12(15)13(2)3/h4-7,9,14H,8H2,1-3H3. The van der Waals surface area contributed by atoms with Crippen molar-refractivity contribution in [3.05, 3.63) is 29.8 Å². The summed E-state index contributed by atoms with van der Waals surface area (Å²) in [5, 5.41) is 9.38. The van der Waals surface area contributed by atoms with Crippen molar-refractivity contribution in [3.63, 3.8) is 0 Å². The van der Waals surface area contributed by atoms with Crippen molar-refractivity contribution in [3.8, 4) is 5.75 Å². The molecule has 16 heavy (non-hydrogen) atoms. The topological polar surface area (TPSA) is 49.8 Å². The van der Waals surface area contributed by atoms with Crippen LogP contribution in [0.5, 0.6) is 5.75 Å². The Kier molecular flexibility index (Phi) is 4.31. The SMILES string of the molecule is CC(O)c1cccc(OCC(=O)N(C)C)c1. The minimum Gasteiger partial charge on any atom is -0.484 e. The van der Waals surface area contributed by atoms with Gasteiger partial charge in [-0.3, -0.25) is 4.79 Å². The van der Waals surface area contributed by atoms with E-state index in [0.717, 1.165) is 5.56 Å². The van der Waals surface area contributed by atoms with Crippen molar-refractivity contribution >= 4 is 5.91 Å². The average Bonchev–Trinajstić information content (AvgIpc) is 2.26. The van der Waals surface area contributed by atoms with Crippen LogP contribution in [0.2, 0.25) is 0 Å². The van der Waals surface area contributed by atoms with Gasteiger partial charge >= 0.3 is 0 Å². The number of aliphatic hydroxyl groups excluding tert-OH is 1. The van der Waals surface area contributed by atoms with E-state index in [-0.39, 0.29) is 12.5 Å². The highest BCUT2D eigenvalue weighted by atomic mass is 16.5. The van der Waals surface area contributed by atoms with Gasteiger partial charge in [-0.15, -0.1) is 0 Å². The molecule has 4 heteroatoms. The van der Waals surface area contributed by atoms with Crippen LogP contribution in [-0.2, 0) is 4.79 Å². The smallest absolute Gasteiger partial charge is 0.259 e. The Morgan fingerprint density at radius 3 is 2.75 bits per heavy atom. The van der Waals surface area contributed by atoms with Gasteiger partial charge in [0.15, 0.2) is 6.61 Å². The van der Waals surface area contributed by atoms with Gasteiger partial charge in [0.1, 0.15) is 5.75 Å². The number of nitrogens with zero attached hydrogens (tertiary/aromatic N) is 1. The fourth-order valence-electron chi connectivity index (χ4n) is 1.14. The van der Waals surface area contributed by atoms with Gasteiger partial charge in [0, 0.05) is 14.1 Å². The van der Waals surface area contributed by atoms with Crippen LogP contribution in [0.1, 0.15) is 18.6 Å². The van der Waals surface area contributed by atoms with Gasteiger partial charge < -0.3 is 14.7 Å². The van der Waals surface area contributed by atoms with Crippen molar-refractivity contribution in [1.29, 1.82) is 0 Å². The van der Waals surface area contributed by atoms with Crippen LogP contribution in [0.4, 0.5) is 0 Å². The lowest BCUT2D eigenvalue weighted by atomic mass is 10.1. The normalized spacial score (nSPS) is 12.0. The maximum Gasteiger partial charge on any atom is 0.259 e. The van der Waals surface area contributed by atoms with Crippen molar-refractivity contribution < 1.29 is 14.6 Å². The van der Waals surface area contributed by atoms with Crippen LogP contribution in [0.3, 0.4) is 0 Å². The molecule has 0 aliphatic carbocycles. The first-order chi connectivity index (χ1) is 7.50. The minimum atomic E-state index is -0.534. The van der Waals surface area contributed by atoms with Crippen LogP contribution < -0.4 is 4.74 Å². The molecule has 0 bridgehead atoms. The number of likely N-dealkylation sites (N-methyl/N-ethyl adjacent to an activating group) is 1. The summed E-state index contributed by atoms with van der Waals surface area (Å²) in [4.78, 5) is 12.8. The molecular formula is C12H17NO3. The minimum absolute atomic E-state index is 0.0102. The first-order valence-corrected chi connectivity index (χ1v) is 5.11. The van der Waals surface area contributed by atoms with Crippen LogP contribution in [0, 0.1) is 0 Å². The summed E-state index contributed by atoms with van der Waals surface area (Å²) in [7, 11) is 3.36. The summed E-state index contributed by atoms with van der Waals surface area (Å²) in [6.45, 7) is 1.69. The Morgan fingerprint density at radius 2 is 2.19 bits per heavy atom. The zero-order valence-electron chi connectivity index (χ0n) is 9.80. The maximum atomic E-state index is 11.3. The Bertz CT molecular complexity index is 361. The molecule has 4 nitrogen and oxygen atoms in total. The number of ether oxygens (including phenoxy) is 1. The molecule has 0 saturated heterocycles. The number of amides is 1. The molecule has 1 rings (SSSR count). The van der Waals surface area contributed by atoms with Crippen molar-refractivity contribution in [2.75, 3.05) is 20.7 Å². The molecule has 0 spiro atoms. The highest BCUT2D eigenvalue weighted by Crippen LogP contribution is 2.18. The lowest BCUT2D eigenvalue weighted by Crippen LogP contribution is -2.27. The number of benzene rings is 1. The molecule has 0 heterocycles. The van der Waals surface area contributed by atoms with E-state index in [9.17, 15) is 9.90 Å². The Hall–Kier alpha value is -1.55. The second kappa shape index (κ2) is 5.51. The first kappa shape index (κ1) is 12.5. The van der Waals surface area contributed by atoms with E-state index in [4.69, 9.17) is 4.74 Å². The average molecular weight is 223 g/mol. The molecule has 0 saturated carbocycles. The lowest BCUT2D eigenvalue weighted by molar-refractivity contribution is -0.130. The molecule has 0 radical (unpaired) electrons. The van der Waals surface area contributed by atoms with Crippen molar-refractivity contribution in [2.45, 2.75) is 13.0 Å². The predicted octanol–water partition coefficient (Wildman–Crippen LogP) is 1.21. The van der Waals surface area contributed by atoms with Gasteiger partial charge in [-0.25, -0.2) is 0 Å². The van der Waals surface area contributed by atoms with Gasteiger partial charge in [0.2, 0.25) is 0 Å². The van der Waals surface area contributed by atoms with E-state index in [1.807, 2.05) is 6.07 Å². The zero-order valence-corrected chi connectivity index (χ0v) is 9.80. The van der Waals surface area contributed by atoms with E-state index in [1.165, 1.54) is 4.90 Å². The molecule has 0 aliphatic heterocycles. The van der Waals surface area contributed by atoms with E-state index in [2.05, 4.69) is 0 Å². The molecule has 0 aromatic heterocycles. The highest BCUT2D eigenvalue weighted by molar-refractivity contribution is 5.77. The van der Waals surface area contributed by atoms with Gasteiger partial charge in [0.05, 0.1) is 6.10 Å². The lowest BCUT2D eigenvalue weighted by Gasteiger charge is -2.12. The summed E-state index contributed by atoms with van der Waals surface area (Å²) in [5.41, 5.74) is 0.773. The van der Waals surface area contributed by atoms with E-state index >= 15 is 0 Å². The Labute approximate surface area is 95.5 Å². The summed E-state index contributed by atoms with van der Waals surface area (Å²) in [6, 6.07) is 7.09. The second-order valence-electron chi connectivity index (χ2n) is 3.83. The molecule has 1 atom stereocenters. The predicted molar refractivity (Wildman–Crippen MR) is 61.3 cm³/mol. The monoisotopic (exact) mass is 223 g/mol. The number of aliphatic hydroxyl groups is 1. The van der Waals surface area contributed by atoms with Crippen LogP contribution in [0.25, 0.3) is 0 Å². The maximum absolute atomic E-state index is 11.3. The zero-order chi connectivity index (χ0) is 12.1. The van der Waals surface area contributed by atoms with E-state index in [1.54, 1.807) is 39.2 Å². The summed E-state index contributed by atoms with van der Waals surface area (Å²) in [6.07, 6.45) is -0.534. The molecule has 1 aromatic rings. The number of hydrogen-bond acceptors (Lipinski definition) is 3. The Morgan fingerprint density at radius 1 is 1.50 bits per heavy atom. The molecule has 1 aromatic carbocycles. The van der Waals surface area contributed by atoms with Gasteiger partial charge in [-0.05, 0) is 24.6 Å².